The van der Waals surface area contributed by atoms with E-state index in [9.17, 15) is 4.79 Å². The molecule has 3 atom stereocenters. The third-order valence-electron chi connectivity index (χ3n) is 6.22. The van der Waals surface area contributed by atoms with Crippen LogP contribution in [0.25, 0.3) is 5.69 Å². The van der Waals surface area contributed by atoms with Crippen molar-refractivity contribution in [2.75, 3.05) is 0 Å². The van der Waals surface area contributed by atoms with E-state index in [2.05, 4.69) is 15.4 Å². The van der Waals surface area contributed by atoms with Crippen molar-refractivity contribution in [1.29, 1.82) is 0 Å². The Morgan fingerprint density at radius 1 is 1.22 bits per heavy atom. The fourth-order valence-corrected chi connectivity index (χ4v) is 4.68. The van der Waals surface area contributed by atoms with Gasteiger partial charge in [-0.15, -0.1) is 12.4 Å². The largest absolute Gasteiger partial charge is 0.349 e. The van der Waals surface area contributed by atoms with Crippen LogP contribution in [0.1, 0.15) is 50.6 Å². The summed E-state index contributed by atoms with van der Waals surface area (Å²) in [5, 5.41) is 7.34. The average molecular weight is 390 g/mol. The molecule has 0 aliphatic heterocycles. The lowest BCUT2D eigenvalue weighted by molar-refractivity contribution is -0.128. The fraction of sp³-hybridized carbons (Fsp3) is 0.550. The quantitative estimate of drug-likeness (QED) is 0.841. The molecule has 2 saturated carbocycles. The summed E-state index contributed by atoms with van der Waals surface area (Å²) >= 11 is 0. The average Bonchev–Trinajstić information content (AvgIpc) is 3.16. The van der Waals surface area contributed by atoms with Gasteiger partial charge in [0.05, 0.1) is 11.7 Å². The van der Waals surface area contributed by atoms with E-state index < -0.39 is 0 Å². The molecule has 2 aromatic rings. The molecule has 27 heavy (non-hydrogen) atoms. The summed E-state index contributed by atoms with van der Waals surface area (Å²) in [6.45, 7) is 2.04. The van der Waals surface area contributed by atoms with Crippen LogP contribution < -0.4 is 11.1 Å². The Kier molecular flexibility index (Phi) is 6.17. The number of nitrogens with one attached hydrogen (secondary N) is 1. The third kappa shape index (κ3) is 4.17. The van der Waals surface area contributed by atoms with Gasteiger partial charge in [0.1, 0.15) is 12.7 Å². The Hall–Kier alpha value is -1.92. The van der Waals surface area contributed by atoms with E-state index in [0.717, 1.165) is 24.1 Å². The van der Waals surface area contributed by atoms with Crippen LogP contribution in [0.15, 0.2) is 36.9 Å². The van der Waals surface area contributed by atoms with Gasteiger partial charge in [-0.2, -0.15) is 5.10 Å². The number of carbonyl (C=O) groups excluding carboxylic acids is 1. The molecule has 1 heterocycles. The molecule has 1 aromatic heterocycles. The fourth-order valence-electron chi connectivity index (χ4n) is 4.68. The SMILES string of the molecule is CC(NC(=O)C1CC2CCCC(C1)C2N)c1ccc(-n2cncn2)cc1.Cl. The molecule has 3 N–H and O–H groups in total. The first kappa shape index (κ1) is 19.8. The Bertz CT molecular complexity index is 734. The van der Waals surface area contributed by atoms with Crippen LogP contribution in [-0.2, 0) is 4.79 Å². The second kappa shape index (κ2) is 8.40. The van der Waals surface area contributed by atoms with Crippen LogP contribution in [0.5, 0.6) is 0 Å². The Balaban J connectivity index is 0.00000210. The summed E-state index contributed by atoms with van der Waals surface area (Å²) in [6, 6.07) is 8.35. The standard InChI is InChI=1S/C20H27N5O.ClH/c1-13(14-5-7-18(8-6-14)25-12-22-11-23-25)24-20(26)17-9-15-3-2-4-16(10-17)19(15)21;/h5-8,11-13,15-17,19H,2-4,9-10,21H2,1H3,(H,24,26);1H. The zero-order chi connectivity index (χ0) is 18.1. The van der Waals surface area contributed by atoms with E-state index in [4.69, 9.17) is 5.73 Å². The monoisotopic (exact) mass is 389 g/mol. The predicted octanol–water partition coefficient (Wildman–Crippen LogP) is 3.02. The molecule has 7 heteroatoms. The second-order valence-electron chi connectivity index (χ2n) is 7.86. The number of amides is 1. The highest BCUT2D eigenvalue weighted by molar-refractivity contribution is 5.85. The van der Waals surface area contributed by atoms with Gasteiger partial charge >= 0.3 is 0 Å². The molecular formula is C20H28ClN5O. The predicted molar refractivity (Wildman–Crippen MR) is 107 cm³/mol. The van der Waals surface area contributed by atoms with Crippen molar-refractivity contribution in [2.24, 2.45) is 23.5 Å². The first-order chi connectivity index (χ1) is 12.6. The number of hydrogen-bond donors (Lipinski definition) is 2. The summed E-state index contributed by atoms with van der Waals surface area (Å²) in [4.78, 5) is 16.8. The van der Waals surface area contributed by atoms with E-state index in [1.807, 2.05) is 31.2 Å². The summed E-state index contributed by atoms with van der Waals surface area (Å²) in [6.07, 6.45) is 8.71. The number of hydrogen-bond acceptors (Lipinski definition) is 4. The third-order valence-corrected chi connectivity index (χ3v) is 6.22. The van der Waals surface area contributed by atoms with Gasteiger partial charge in [0.25, 0.3) is 0 Å². The zero-order valence-electron chi connectivity index (χ0n) is 15.6. The number of rotatable bonds is 4. The lowest BCUT2D eigenvalue weighted by Gasteiger charge is -2.43. The molecule has 4 rings (SSSR count). The number of halogens is 1. The molecule has 2 fully saturated rings. The highest BCUT2D eigenvalue weighted by Gasteiger charge is 2.40. The first-order valence-electron chi connectivity index (χ1n) is 9.62. The van der Waals surface area contributed by atoms with Crippen LogP contribution in [-0.4, -0.2) is 26.7 Å². The molecule has 1 aromatic carbocycles. The molecule has 0 radical (unpaired) electrons. The van der Waals surface area contributed by atoms with Crippen molar-refractivity contribution in [1.82, 2.24) is 20.1 Å². The summed E-state index contributed by atoms with van der Waals surface area (Å²) in [7, 11) is 0. The summed E-state index contributed by atoms with van der Waals surface area (Å²) < 4.78 is 1.72. The maximum Gasteiger partial charge on any atom is 0.223 e. The summed E-state index contributed by atoms with van der Waals surface area (Å²) in [5.74, 6) is 1.34. The van der Waals surface area contributed by atoms with Crippen LogP contribution in [0.2, 0.25) is 0 Å². The Labute approximate surface area is 166 Å². The minimum Gasteiger partial charge on any atom is -0.349 e. The maximum absolute atomic E-state index is 12.8. The van der Waals surface area contributed by atoms with Gasteiger partial charge in [0.15, 0.2) is 0 Å². The molecule has 2 aliphatic rings. The van der Waals surface area contributed by atoms with Gasteiger partial charge in [-0.3, -0.25) is 4.79 Å². The van der Waals surface area contributed by atoms with Gasteiger partial charge in [0.2, 0.25) is 5.91 Å². The van der Waals surface area contributed by atoms with E-state index in [1.165, 1.54) is 25.6 Å². The topological polar surface area (TPSA) is 85.8 Å². The lowest BCUT2D eigenvalue weighted by atomic mass is 9.65. The molecule has 2 aliphatic carbocycles. The highest BCUT2D eigenvalue weighted by Crippen LogP contribution is 2.42. The minimum atomic E-state index is -0.0114. The molecule has 0 spiro atoms. The highest BCUT2D eigenvalue weighted by atomic mass is 35.5. The molecule has 2 bridgehead atoms. The van der Waals surface area contributed by atoms with E-state index >= 15 is 0 Å². The van der Waals surface area contributed by atoms with Crippen LogP contribution in [0, 0.1) is 17.8 Å². The van der Waals surface area contributed by atoms with Crippen LogP contribution >= 0.6 is 12.4 Å². The van der Waals surface area contributed by atoms with Crippen molar-refractivity contribution < 1.29 is 4.79 Å². The number of nitrogens with zero attached hydrogens (tertiary/aromatic N) is 3. The van der Waals surface area contributed by atoms with Gasteiger partial charge in [-0.1, -0.05) is 18.6 Å². The molecule has 3 unspecified atom stereocenters. The number of aromatic nitrogens is 3. The Morgan fingerprint density at radius 2 is 1.89 bits per heavy atom. The van der Waals surface area contributed by atoms with Crippen molar-refractivity contribution >= 4 is 18.3 Å². The van der Waals surface area contributed by atoms with Crippen molar-refractivity contribution in [3.05, 3.63) is 42.5 Å². The number of benzene rings is 1. The normalized spacial score (nSPS) is 28.1. The maximum atomic E-state index is 12.8. The molecule has 1 amide bonds. The molecule has 0 saturated heterocycles. The van der Waals surface area contributed by atoms with Crippen molar-refractivity contribution in [3.8, 4) is 5.69 Å². The van der Waals surface area contributed by atoms with Crippen molar-refractivity contribution in [2.45, 2.75) is 51.1 Å². The van der Waals surface area contributed by atoms with E-state index in [0.29, 0.717) is 17.9 Å². The van der Waals surface area contributed by atoms with Gasteiger partial charge in [0, 0.05) is 12.0 Å². The van der Waals surface area contributed by atoms with Gasteiger partial charge in [-0.05, 0) is 62.1 Å². The Morgan fingerprint density at radius 3 is 2.48 bits per heavy atom. The van der Waals surface area contributed by atoms with Crippen LogP contribution in [0.4, 0.5) is 0 Å². The number of fused-ring (bicyclic) bond motifs is 2. The smallest absolute Gasteiger partial charge is 0.223 e. The molecule has 146 valence electrons. The first-order valence-corrected chi connectivity index (χ1v) is 9.62. The minimum absolute atomic E-state index is 0. The van der Waals surface area contributed by atoms with Gasteiger partial charge < -0.3 is 11.1 Å². The number of nitrogens with two attached hydrogens (primary N) is 1. The lowest BCUT2D eigenvalue weighted by Crippen LogP contribution is -2.49. The van der Waals surface area contributed by atoms with E-state index in [1.54, 1.807) is 11.0 Å². The van der Waals surface area contributed by atoms with Gasteiger partial charge in [-0.25, -0.2) is 9.67 Å². The second-order valence-corrected chi connectivity index (χ2v) is 7.86. The zero-order valence-corrected chi connectivity index (χ0v) is 16.4. The van der Waals surface area contributed by atoms with Crippen molar-refractivity contribution in [3.63, 3.8) is 0 Å². The molecular weight excluding hydrogens is 362 g/mol. The molecule has 6 nitrogen and oxygen atoms in total. The number of carbonyl (C=O) groups is 1. The van der Waals surface area contributed by atoms with Crippen LogP contribution in [0.3, 0.4) is 0 Å². The van der Waals surface area contributed by atoms with E-state index in [-0.39, 0.29) is 30.3 Å². The summed E-state index contributed by atoms with van der Waals surface area (Å²) in [5.41, 5.74) is 8.40.